The summed E-state index contributed by atoms with van der Waals surface area (Å²) in [6, 6.07) is 14.7. The highest BCUT2D eigenvalue weighted by atomic mass is 32.2. The van der Waals surface area contributed by atoms with Gasteiger partial charge in [0.15, 0.2) is 0 Å². The van der Waals surface area contributed by atoms with Gasteiger partial charge in [-0.15, -0.1) is 0 Å². The maximum absolute atomic E-state index is 12.4. The molecule has 2 aromatic rings. The number of carbonyl (C=O) groups is 1. The zero-order valence-electron chi connectivity index (χ0n) is 14.0. The Hall–Kier alpha value is -2.85. The molecule has 0 spiro atoms. The second-order valence-electron chi connectivity index (χ2n) is 5.68. The topological polar surface area (TPSA) is 99.1 Å². The number of para-hydroxylation sites is 1. The average molecular weight is 357 g/mol. The van der Waals surface area contributed by atoms with Gasteiger partial charge in [0.1, 0.15) is 0 Å². The summed E-state index contributed by atoms with van der Waals surface area (Å²) < 4.78 is 27.4. The van der Waals surface area contributed by atoms with E-state index in [2.05, 4.69) is 10.0 Å². The molecule has 0 saturated carbocycles. The van der Waals surface area contributed by atoms with Crippen LogP contribution < -0.4 is 10.0 Å². The Kier molecular flexibility index (Phi) is 5.78. The Morgan fingerprint density at radius 2 is 1.80 bits per heavy atom. The second kappa shape index (κ2) is 7.81. The Bertz CT molecular complexity index is 900. The average Bonchev–Trinajstić information content (AvgIpc) is 2.61. The van der Waals surface area contributed by atoms with Crippen molar-refractivity contribution in [1.82, 2.24) is 5.32 Å². The van der Waals surface area contributed by atoms with E-state index in [1.165, 1.54) is 24.3 Å². The molecular formula is C18H19N3O3S. The highest BCUT2D eigenvalue weighted by Gasteiger charge is 2.16. The first-order valence-corrected chi connectivity index (χ1v) is 9.18. The molecule has 0 aliphatic rings. The third kappa shape index (κ3) is 4.81. The van der Waals surface area contributed by atoms with Gasteiger partial charge in [-0.2, -0.15) is 5.26 Å². The molecule has 2 aromatic carbocycles. The highest BCUT2D eigenvalue weighted by Crippen LogP contribution is 2.19. The lowest BCUT2D eigenvalue weighted by Crippen LogP contribution is -2.27. The summed E-state index contributed by atoms with van der Waals surface area (Å²) in [5.74, 6) is -0.639. The van der Waals surface area contributed by atoms with Crippen LogP contribution in [0, 0.1) is 24.2 Å². The van der Waals surface area contributed by atoms with Gasteiger partial charge in [-0.05, 0) is 49.7 Å². The molecule has 2 N–H and O–H groups in total. The first kappa shape index (κ1) is 18.5. The Balaban J connectivity index is 2.12. The van der Waals surface area contributed by atoms with E-state index >= 15 is 0 Å². The summed E-state index contributed by atoms with van der Waals surface area (Å²) in [6.07, 6.45) is 0. The van der Waals surface area contributed by atoms with Crippen LogP contribution in [0.5, 0.6) is 0 Å². The van der Waals surface area contributed by atoms with Crippen molar-refractivity contribution >= 4 is 21.6 Å². The van der Waals surface area contributed by atoms with E-state index in [0.717, 1.165) is 5.56 Å². The van der Waals surface area contributed by atoms with Crippen LogP contribution in [0.15, 0.2) is 53.4 Å². The molecule has 0 bridgehead atoms. The molecule has 130 valence electrons. The van der Waals surface area contributed by atoms with Gasteiger partial charge in [0, 0.05) is 12.1 Å². The summed E-state index contributed by atoms with van der Waals surface area (Å²) in [7, 11) is -3.73. The smallest absolute Gasteiger partial charge is 0.261 e. The molecule has 1 amide bonds. The number of nitriles is 1. The molecule has 25 heavy (non-hydrogen) atoms. The summed E-state index contributed by atoms with van der Waals surface area (Å²) >= 11 is 0. The fourth-order valence-corrected chi connectivity index (χ4v) is 3.20. The van der Waals surface area contributed by atoms with Crippen molar-refractivity contribution in [2.24, 2.45) is 5.92 Å². The number of benzene rings is 2. The maximum Gasteiger partial charge on any atom is 0.261 e. The van der Waals surface area contributed by atoms with Crippen LogP contribution >= 0.6 is 0 Å². The molecule has 0 aliphatic heterocycles. The number of rotatable bonds is 6. The standard InChI is InChI=1S/C18H19N3O3S/c1-13(11-19)12-20-18(22)15-7-9-16(10-8-15)25(23,24)21-17-6-4-3-5-14(17)2/h3-10,13,21H,12H2,1-2H3,(H,20,22). The number of aryl methyl sites for hydroxylation is 1. The van der Waals surface area contributed by atoms with Gasteiger partial charge in [-0.25, -0.2) is 8.42 Å². The van der Waals surface area contributed by atoms with Gasteiger partial charge in [0.05, 0.1) is 22.6 Å². The third-order valence-corrected chi connectivity index (χ3v) is 4.99. The lowest BCUT2D eigenvalue weighted by molar-refractivity contribution is 0.0950. The van der Waals surface area contributed by atoms with Crippen LogP contribution in [0.3, 0.4) is 0 Å². The number of anilines is 1. The maximum atomic E-state index is 12.4. The van der Waals surface area contributed by atoms with E-state index in [9.17, 15) is 13.2 Å². The minimum Gasteiger partial charge on any atom is -0.351 e. The van der Waals surface area contributed by atoms with E-state index in [0.29, 0.717) is 11.3 Å². The van der Waals surface area contributed by atoms with E-state index in [4.69, 9.17) is 5.26 Å². The predicted molar refractivity (Wildman–Crippen MR) is 95.5 cm³/mol. The van der Waals surface area contributed by atoms with Gasteiger partial charge in [-0.1, -0.05) is 18.2 Å². The molecule has 7 heteroatoms. The molecule has 0 aromatic heterocycles. The Morgan fingerprint density at radius 1 is 1.16 bits per heavy atom. The van der Waals surface area contributed by atoms with Crippen LogP contribution in [0.4, 0.5) is 5.69 Å². The quantitative estimate of drug-likeness (QED) is 0.830. The van der Waals surface area contributed by atoms with Crippen LogP contribution in [-0.2, 0) is 10.0 Å². The molecule has 2 rings (SSSR count). The van der Waals surface area contributed by atoms with Crippen molar-refractivity contribution in [3.8, 4) is 6.07 Å². The van der Waals surface area contributed by atoms with E-state index in [1.807, 2.05) is 25.1 Å². The van der Waals surface area contributed by atoms with Crippen molar-refractivity contribution < 1.29 is 13.2 Å². The van der Waals surface area contributed by atoms with Crippen molar-refractivity contribution in [3.63, 3.8) is 0 Å². The lowest BCUT2D eigenvalue weighted by atomic mass is 10.2. The number of hydrogen-bond acceptors (Lipinski definition) is 4. The monoisotopic (exact) mass is 357 g/mol. The fourth-order valence-electron chi connectivity index (χ4n) is 2.07. The molecule has 1 unspecified atom stereocenters. The summed E-state index contributed by atoms with van der Waals surface area (Å²) in [5.41, 5.74) is 1.66. The molecule has 0 radical (unpaired) electrons. The zero-order valence-corrected chi connectivity index (χ0v) is 14.8. The lowest BCUT2D eigenvalue weighted by Gasteiger charge is -2.11. The Labute approximate surface area is 147 Å². The normalized spacial score (nSPS) is 12.0. The SMILES string of the molecule is Cc1ccccc1NS(=O)(=O)c1ccc(C(=O)NCC(C)C#N)cc1. The first-order chi connectivity index (χ1) is 11.8. The third-order valence-electron chi connectivity index (χ3n) is 3.61. The molecule has 0 fully saturated rings. The van der Waals surface area contributed by atoms with E-state index in [1.54, 1.807) is 19.1 Å². The van der Waals surface area contributed by atoms with Crippen LogP contribution in [-0.4, -0.2) is 20.9 Å². The van der Waals surface area contributed by atoms with Gasteiger partial charge in [0.2, 0.25) is 0 Å². The van der Waals surface area contributed by atoms with Crippen molar-refractivity contribution in [1.29, 1.82) is 5.26 Å². The summed E-state index contributed by atoms with van der Waals surface area (Å²) in [5, 5.41) is 11.3. The van der Waals surface area contributed by atoms with Crippen LogP contribution in [0.25, 0.3) is 0 Å². The molecule has 1 atom stereocenters. The van der Waals surface area contributed by atoms with Gasteiger partial charge in [-0.3, -0.25) is 9.52 Å². The number of carbonyl (C=O) groups excluding carboxylic acids is 1. The molecule has 0 aliphatic carbocycles. The predicted octanol–water partition coefficient (Wildman–Crippen LogP) is 2.69. The van der Waals surface area contributed by atoms with E-state index in [-0.39, 0.29) is 23.3 Å². The number of amides is 1. The second-order valence-corrected chi connectivity index (χ2v) is 7.37. The minimum atomic E-state index is -3.73. The summed E-state index contributed by atoms with van der Waals surface area (Å²) in [6.45, 7) is 3.75. The van der Waals surface area contributed by atoms with Gasteiger partial charge in [0.25, 0.3) is 15.9 Å². The molecular weight excluding hydrogens is 338 g/mol. The number of hydrogen-bond donors (Lipinski definition) is 2. The Morgan fingerprint density at radius 3 is 2.40 bits per heavy atom. The van der Waals surface area contributed by atoms with Crippen LogP contribution in [0.1, 0.15) is 22.8 Å². The van der Waals surface area contributed by atoms with Crippen LogP contribution in [0.2, 0.25) is 0 Å². The van der Waals surface area contributed by atoms with Gasteiger partial charge >= 0.3 is 0 Å². The number of nitrogens with zero attached hydrogens (tertiary/aromatic N) is 1. The highest BCUT2D eigenvalue weighted by molar-refractivity contribution is 7.92. The minimum absolute atomic E-state index is 0.0673. The zero-order chi connectivity index (χ0) is 18.4. The molecule has 0 saturated heterocycles. The van der Waals surface area contributed by atoms with Crippen molar-refractivity contribution in [3.05, 3.63) is 59.7 Å². The van der Waals surface area contributed by atoms with Crippen molar-refractivity contribution in [2.75, 3.05) is 11.3 Å². The fraction of sp³-hybridized carbons (Fsp3) is 0.222. The van der Waals surface area contributed by atoms with Crippen molar-refractivity contribution in [2.45, 2.75) is 18.7 Å². The summed E-state index contributed by atoms with van der Waals surface area (Å²) in [4.78, 5) is 12.0. The largest absolute Gasteiger partial charge is 0.351 e. The first-order valence-electron chi connectivity index (χ1n) is 7.70. The van der Waals surface area contributed by atoms with Gasteiger partial charge < -0.3 is 5.32 Å². The number of nitrogens with one attached hydrogen (secondary N) is 2. The van der Waals surface area contributed by atoms with E-state index < -0.39 is 10.0 Å². The molecule has 6 nitrogen and oxygen atoms in total. The molecule has 0 heterocycles. The number of sulfonamides is 1.